The molecule has 2 atom stereocenters. The summed E-state index contributed by atoms with van der Waals surface area (Å²) in [5.41, 5.74) is 5.30. The molecule has 1 aromatic rings. The van der Waals surface area contributed by atoms with Crippen LogP contribution in [0, 0.1) is 0 Å². The third kappa shape index (κ3) is 3.57. The van der Waals surface area contributed by atoms with Crippen LogP contribution in [-0.4, -0.2) is 68.3 Å². The Hall–Kier alpha value is -2.93. The molecule has 0 bridgehead atoms. The van der Waals surface area contributed by atoms with Crippen LogP contribution in [0.4, 0.5) is 5.13 Å². The highest BCUT2D eigenvalue weighted by molar-refractivity contribution is 8.00. The molecule has 4 N–H and O–H groups in total. The number of rotatable bonds is 6. The average molecular weight is 426 g/mol. The third-order valence-electron chi connectivity index (χ3n) is 3.95. The Morgan fingerprint density at radius 2 is 2.14 bits per heavy atom. The van der Waals surface area contributed by atoms with Crippen molar-refractivity contribution in [3.05, 3.63) is 22.3 Å². The lowest BCUT2D eigenvalue weighted by Gasteiger charge is -2.49. The van der Waals surface area contributed by atoms with Crippen LogP contribution < -0.4 is 11.1 Å². The summed E-state index contributed by atoms with van der Waals surface area (Å²) in [4.78, 5) is 64.0. The van der Waals surface area contributed by atoms with Gasteiger partial charge in [-0.05, 0) is 0 Å². The van der Waals surface area contributed by atoms with E-state index in [1.54, 1.807) is 0 Å². The Labute approximate surface area is 165 Å². The largest absolute Gasteiger partial charge is 0.477 e. The molecule has 0 spiro atoms. The van der Waals surface area contributed by atoms with E-state index in [0.29, 0.717) is 0 Å². The van der Waals surface area contributed by atoms with Gasteiger partial charge in [0.25, 0.3) is 17.6 Å². The zero-order valence-electron chi connectivity index (χ0n) is 14.3. The number of nitrogens with two attached hydrogens (primary N) is 1. The number of esters is 1. The quantitative estimate of drug-likeness (QED) is 0.227. The number of carboxylic acid groups (broad SMARTS) is 1. The number of Topliss-reactive ketones (excluding diaryl/α,β-unsaturated/α-hetero) is 1. The molecule has 1 saturated heterocycles. The number of amides is 2. The Morgan fingerprint density at radius 1 is 1.43 bits per heavy atom. The van der Waals surface area contributed by atoms with Gasteiger partial charge in [-0.15, -0.1) is 23.1 Å². The summed E-state index contributed by atoms with van der Waals surface area (Å²) >= 11 is 2.19. The van der Waals surface area contributed by atoms with Crippen molar-refractivity contribution in [3.8, 4) is 0 Å². The highest BCUT2D eigenvalue weighted by Gasteiger charge is 2.54. The van der Waals surface area contributed by atoms with Crippen LogP contribution in [0.25, 0.3) is 0 Å². The van der Waals surface area contributed by atoms with Gasteiger partial charge in [0.2, 0.25) is 0 Å². The first-order valence-electron chi connectivity index (χ1n) is 7.80. The fourth-order valence-corrected chi connectivity index (χ4v) is 4.57. The van der Waals surface area contributed by atoms with Crippen molar-refractivity contribution in [2.75, 3.05) is 18.1 Å². The number of thioether (sulfide) groups is 1. The van der Waals surface area contributed by atoms with Gasteiger partial charge >= 0.3 is 11.9 Å². The van der Waals surface area contributed by atoms with Crippen LogP contribution in [-0.2, 0) is 23.9 Å². The molecule has 2 aliphatic rings. The smallest absolute Gasteiger partial charge is 0.352 e. The number of carbonyl (C=O) groups excluding carboxylic acids is 4. The van der Waals surface area contributed by atoms with Gasteiger partial charge in [-0.25, -0.2) is 9.78 Å². The lowest BCUT2D eigenvalue weighted by atomic mass is 10.0. The van der Waals surface area contributed by atoms with Crippen LogP contribution >= 0.6 is 23.1 Å². The van der Waals surface area contributed by atoms with Crippen molar-refractivity contribution >= 4 is 57.8 Å². The SMILES string of the molecule is CC(=O)OCC1=C(C(=O)O)N2C(=O)C(NC(=O)C(=O)c3csc(N)n3)[C@H]2SC1. The lowest BCUT2D eigenvalue weighted by Crippen LogP contribution is -2.71. The molecule has 3 heterocycles. The maximum absolute atomic E-state index is 12.4. The number of aliphatic carboxylic acids is 1. The minimum atomic E-state index is -1.35. The molecule has 1 fully saturated rings. The summed E-state index contributed by atoms with van der Waals surface area (Å²) in [7, 11) is 0. The zero-order chi connectivity index (χ0) is 20.6. The lowest BCUT2D eigenvalue weighted by molar-refractivity contribution is -0.150. The molecule has 0 saturated carbocycles. The number of hydrogen-bond donors (Lipinski definition) is 3. The van der Waals surface area contributed by atoms with Gasteiger partial charge in [0.15, 0.2) is 5.13 Å². The van der Waals surface area contributed by atoms with E-state index in [1.807, 2.05) is 0 Å². The molecule has 28 heavy (non-hydrogen) atoms. The monoisotopic (exact) mass is 426 g/mol. The number of nitrogen functional groups attached to an aromatic ring is 1. The van der Waals surface area contributed by atoms with Crippen molar-refractivity contribution in [1.82, 2.24) is 15.2 Å². The first kappa shape index (κ1) is 19.8. The van der Waals surface area contributed by atoms with Crippen LogP contribution in [0.15, 0.2) is 16.7 Å². The second-order valence-corrected chi connectivity index (χ2v) is 7.79. The first-order valence-corrected chi connectivity index (χ1v) is 9.73. The topological polar surface area (TPSA) is 169 Å². The van der Waals surface area contributed by atoms with E-state index in [2.05, 4.69) is 10.3 Å². The van der Waals surface area contributed by atoms with Crippen LogP contribution in [0.2, 0.25) is 0 Å². The number of β-lactam (4-membered cyclic amide) rings is 1. The second-order valence-electron chi connectivity index (χ2n) is 5.80. The number of hydrogen-bond acceptors (Lipinski definition) is 10. The molecular formula is C15H14N4O7S2. The van der Waals surface area contributed by atoms with Crippen LogP contribution in [0.5, 0.6) is 0 Å². The number of fused-ring (bicyclic) bond motifs is 1. The molecule has 1 aromatic heterocycles. The Morgan fingerprint density at radius 3 is 2.71 bits per heavy atom. The molecular weight excluding hydrogens is 412 g/mol. The minimum Gasteiger partial charge on any atom is -0.477 e. The molecule has 0 aromatic carbocycles. The number of thiazole rings is 1. The van der Waals surface area contributed by atoms with Gasteiger partial charge in [0.1, 0.15) is 29.4 Å². The number of ketones is 1. The fraction of sp³-hybridized carbons (Fsp3) is 0.333. The number of nitrogens with zero attached hydrogens (tertiary/aromatic N) is 2. The Balaban J connectivity index is 1.73. The standard InChI is InChI=1S/C15H14N4O7S2/c1-5(20)26-2-6-3-27-13-8(12(23)19(13)9(6)14(24)25)18-11(22)10(21)7-4-28-15(16)17-7/h4,8,13H,2-3H2,1H3,(H2,16,17)(H,18,22)(H,24,25)/t8?,13-/m1/s1. The predicted octanol–water partition coefficient (Wildman–Crippen LogP) is -0.790. The summed E-state index contributed by atoms with van der Waals surface area (Å²) in [6.07, 6.45) is 0. The van der Waals surface area contributed by atoms with E-state index in [9.17, 15) is 29.1 Å². The van der Waals surface area contributed by atoms with Crippen molar-refractivity contribution in [3.63, 3.8) is 0 Å². The van der Waals surface area contributed by atoms with Gasteiger partial charge in [0, 0.05) is 23.6 Å². The van der Waals surface area contributed by atoms with E-state index in [0.717, 1.165) is 16.2 Å². The fourth-order valence-electron chi connectivity index (χ4n) is 2.70. The molecule has 3 rings (SSSR count). The maximum atomic E-state index is 12.4. The first-order chi connectivity index (χ1) is 13.2. The molecule has 148 valence electrons. The van der Waals surface area contributed by atoms with Crippen molar-refractivity contribution in [2.24, 2.45) is 0 Å². The van der Waals surface area contributed by atoms with E-state index in [4.69, 9.17) is 10.5 Å². The van der Waals surface area contributed by atoms with Gasteiger partial charge in [-0.3, -0.25) is 24.1 Å². The van der Waals surface area contributed by atoms with Gasteiger partial charge in [0.05, 0.1) is 0 Å². The van der Waals surface area contributed by atoms with E-state index < -0.39 is 41.0 Å². The summed E-state index contributed by atoms with van der Waals surface area (Å²) in [5.74, 6) is -4.38. The van der Waals surface area contributed by atoms with E-state index in [1.165, 1.54) is 24.1 Å². The second kappa shape index (κ2) is 7.59. The van der Waals surface area contributed by atoms with Crippen LogP contribution in [0.3, 0.4) is 0 Å². The molecule has 0 aliphatic carbocycles. The molecule has 1 unspecified atom stereocenters. The van der Waals surface area contributed by atoms with Crippen molar-refractivity contribution < 1.29 is 33.8 Å². The van der Waals surface area contributed by atoms with E-state index in [-0.39, 0.29) is 34.5 Å². The van der Waals surface area contributed by atoms with E-state index >= 15 is 0 Å². The molecule has 2 aliphatic heterocycles. The summed E-state index contributed by atoms with van der Waals surface area (Å²) < 4.78 is 4.84. The molecule has 0 radical (unpaired) electrons. The number of ether oxygens (including phenoxy) is 1. The zero-order valence-corrected chi connectivity index (χ0v) is 16.0. The van der Waals surface area contributed by atoms with Gasteiger partial charge in [-0.1, -0.05) is 0 Å². The highest BCUT2D eigenvalue weighted by atomic mass is 32.2. The summed E-state index contributed by atoms with van der Waals surface area (Å²) in [6, 6.07) is -1.05. The number of nitrogens with one attached hydrogen (secondary N) is 1. The Kier molecular flexibility index (Phi) is 5.38. The van der Waals surface area contributed by atoms with Crippen molar-refractivity contribution in [2.45, 2.75) is 18.3 Å². The predicted molar refractivity (Wildman–Crippen MR) is 97.2 cm³/mol. The number of carbonyl (C=O) groups is 5. The third-order valence-corrected chi connectivity index (χ3v) is 5.96. The minimum absolute atomic E-state index is 0.126. The molecule has 11 nitrogen and oxygen atoms in total. The average Bonchev–Trinajstić information content (AvgIpc) is 3.08. The Bertz CT molecular complexity index is 925. The molecule has 2 amide bonds. The van der Waals surface area contributed by atoms with Gasteiger partial charge in [-0.2, -0.15) is 0 Å². The summed E-state index contributed by atoms with van der Waals surface area (Å²) in [5, 5.41) is 12.5. The maximum Gasteiger partial charge on any atom is 0.352 e. The normalized spacial score (nSPS) is 20.9. The summed E-state index contributed by atoms with van der Waals surface area (Å²) in [6.45, 7) is 0.939. The molecule has 13 heteroatoms. The van der Waals surface area contributed by atoms with Crippen LogP contribution in [0.1, 0.15) is 17.4 Å². The number of anilines is 1. The number of carboxylic acids is 1. The van der Waals surface area contributed by atoms with Gasteiger partial charge < -0.3 is 20.9 Å². The van der Waals surface area contributed by atoms with Crippen molar-refractivity contribution in [1.29, 1.82) is 0 Å². The number of aromatic nitrogens is 1. The highest BCUT2D eigenvalue weighted by Crippen LogP contribution is 2.40.